The molecule has 1 aromatic carbocycles. The molecule has 1 fully saturated rings. The van der Waals surface area contributed by atoms with Crippen LogP contribution in [-0.2, 0) is 0 Å². The SMILES string of the molecule is C[C@]1(CNC(=O)c2cc(F)cc3[nH]c(=S)[nH]c23)CCCC[C@H]1O. The Morgan fingerprint density at radius 3 is 3.00 bits per heavy atom. The minimum atomic E-state index is -0.503. The molecule has 1 amide bonds. The number of hydrogen-bond acceptors (Lipinski definition) is 3. The highest BCUT2D eigenvalue weighted by molar-refractivity contribution is 7.71. The molecule has 1 saturated carbocycles. The number of aliphatic hydroxyl groups is 1. The van der Waals surface area contributed by atoms with Crippen LogP contribution in [0.4, 0.5) is 4.39 Å². The summed E-state index contributed by atoms with van der Waals surface area (Å²) in [5, 5.41) is 13.0. The largest absolute Gasteiger partial charge is 0.392 e. The van der Waals surface area contributed by atoms with E-state index in [-0.39, 0.29) is 16.9 Å². The van der Waals surface area contributed by atoms with Crippen molar-refractivity contribution in [1.29, 1.82) is 0 Å². The molecule has 5 nitrogen and oxygen atoms in total. The first-order valence-corrected chi connectivity index (χ1v) is 8.18. The smallest absolute Gasteiger partial charge is 0.253 e. The molecule has 7 heteroatoms. The summed E-state index contributed by atoms with van der Waals surface area (Å²) in [5.41, 5.74) is 0.819. The van der Waals surface area contributed by atoms with Crippen LogP contribution in [0.15, 0.2) is 12.1 Å². The fourth-order valence-electron chi connectivity index (χ4n) is 3.25. The molecule has 3 rings (SSSR count). The van der Waals surface area contributed by atoms with Crippen LogP contribution in [0.25, 0.3) is 11.0 Å². The van der Waals surface area contributed by atoms with Crippen molar-refractivity contribution in [2.75, 3.05) is 6.54 Å². The average Bonchev–Trinajstić information content (AvgIpc) is 2.87. The molecular formula is C16H20FN3O2S. The van der Waals surface area contributed by atoms with Crippen molar-refractivity contribution < 1.29 is 14.3 Å². The molecule has 2 atom stereocenters. The summed E-state index contributed by atoms with van der Waals surface area (Å²) >= 11 is 5.00. The van der Waals surface area contributed by atoms with Crippen molar-refractivity contribution in [3.63, 3.8) is 0 Å². The number of fused-ring (bicyclic) bond motifs is 1. The molecule has 0 radical (unpaired) electrons. The van der Waals surface area contributed by atoms with E-state index in [1.807, 2.05) is 6.92 Å². The van der Waals surface area contributed by atoms with Gasteiger partial charge in [-0.05, 0) is 37.2 Å². The maximum Gasteiger partial charge on any atom is 0.253 e. The van der Waals surface area contributed by atoms with E-state index in [2.05, 4.69) is 15.3 Å². The second-order valence-corrected chi connectivity index (χ2v) is 6.96. The van der Waals surface area contributed by atoms with Crippen molar-refractivity contribution in [2.45, 2.75) is 38.7 Å². The van der Waals surface area contributed by atoms with E-state index >= 15 is 0 Å². The molecule has 0 saturated heterocycles. The maximum absolute atomic E-state index is 13.7. The number of aromatic amines is 2. The molecular weight excluding hydrogens is 317 g/mol. The van der Waals surface area contributed by atoms with Crippen LogP contribution in [-0.4, -0.2) is 33.6 Å². The van der Waals surface area contributed by atoms with Gasteiger partial charge in [-0.25, -0.2) is 4.39 Å². The van der Waals surface area contributed by atoms with Crippen LogP contribution in [0.2, 0.25) is 0 Å². The molecule has 1 aromatic heterocycles. The molecule has 0 spiro atoms. The normalized spacial score (nSPS) is 24.7. The number of imidazole rings is 1. The Morgan fingerprint density at radius 2 is 2.26 bits per heavy atom. The second kappa shape index (κ2) is 6.05. The number of carbonyl (C=O) groups excluding carboxylic acids is 1. The molecule has 23 heavy (non-hydrogen) atoms. The number of hydrogen-bond donors (Lipinski definition) is 4. The molecule has 124 valence electrons. The van der Waals surface area contributed by atoms with Crippen LogP contribution in [0.3, 0.4) is 0 Å². The fraction of sp³-hybridized carbons (Fsp3) is 0.500. The van der Waals surface area contributed by atoms with Gasteiger partial charge >= 0.3 is 0 Å². The number of carbonyl (C=O) groups is 1. The zero-order valence-corrected chi connectivity index (χ0v) is 13.7. The van der Waals surface area contributed by atoms with Gasteiger partial charge in [0, 0.05) is 12.0 Å². The Balaban J connectivity index is 1.82. The van der Waals surface area contributed by atoms with Gasteiger partial charge in [0.2, 0.25) is 0 Å². The van der Waals surface area contributed by atoms with E-state index in [9.17, 15) is 14.3 Å². The minimum Gasteiger partial charge on any atom is -0.392 e. The average molecular weight is 337 g/mol. The molecule has 0 unspecified atom stereocenters. The molecule has 1 aliphatic rings. The van der Waals surface area contributed by atoms with E-state index in [4.69, 9.17) is 12.2 Å². The highest BCUT2D eigenvalue weighted by Gasteiger charge is 2.35. The number of benzene rings is 1. The predicted molar refractivity (Wildman–Crippen MR) is 88.4 cm³/mol. The summed E-state index contributed by atoms with van der Waals surface area (Å²) in [5.74, 6) is -0.879. The maximum atomic E-state index is 13.7. The topological polar surface area (TPSA) is 80.9 Å². The number of nitrogens with one attached hydrogen (secondary N) is 3. The Kier molecular flexibility index (Phi) is 4.25. The van der Waals surface area contributed by atoms with E-state index in [0.29, 0.717) is 22.3 Å². The van der Waals surface area contributed by atoms with Crippen molar-refractivity contribution in [1.82, 2.24) is 15.3 Å². The molecule has 0 bridgehead atoms. The second-order valence-electron chi connectivity index (χ2n) is 6.55. The van der Waals surface area contributed by atoms with Crippen LogP contribution < -0.4 is 5.32 Å². The third-order valence-electron chi connectivity index (χ3n) is 4.77. The summed E-state index contributed by atoms with van der Waals surface area (Å²) in [4.78, 5) is 18.2. The monoisotopic (exact) mass is 337 g/mol. The Bertz CT molecular complexity index is 800. The summed E-state index contributed by atoms with van der Waals surface area (Å²) in [6.45, 7) is 2.33. The summed E-state index contributed by atoms with van der Waals surface area (Å²) in [6.07, 6.45) is 3.23. The van der Waals surface area contributed by atoms with E-state index in [0.717, 1.165) is 25.7 Å². The van der Waals surface area contributed by atoms with Gasteiger partial charge in [-0.2, -0.15) is 0 Å². The van der Waals surface area contributed by atoms with Crippen LogP contribution >= 0.6 is 12.2 Å². The third kappa shape index (κ3) is 3.16. The lowest BCUT2D eigenvalue weighted by molar-refractivity contribution is 0.00191. The molecule has 1 heterocycles. The van der Waals surface area contributed by atoms with E-state index < -0.39 is 11.9 Å². The number of H-pyrrole nitrogens is 2. The van der Waals surface area contributed by atoms with Gasteiger partial charge < -0.3 is 20.4 Å². The first-order valence-electron chi connectivity index (χ1n) is 7.77. The Labute approximate surface area is 138 Å². The summed E-state index contributed by atoms with van der Waals surface area (Å²) in [6, 6.07) is 2.49. The third-order valence-corrected chi connectivity index (χ3v) is 4.97. The van der Waals surface area contributed by atoms with Gasteiger partial charge in [0.05, 0.1) is 22.7 Å². The van der Waals surface area contributed by atoms with Gasteiger partial charge in [-0.1, -0.05) is 19.8 Å². The van der Waals surface area contributed by atoms with Crippen LogP contribution in [0, 0.1) is 16.0 Å². The fourth-order valence-corrected chi connectivity index (χ4v) is 3.46. The zero-order chi connectivity index (χ0) is 16.6. The van der Waals surface area contributed by atoms with Crippen molar-refractivity contribution in [3.8, 4) is 0 Å². The summed E-state index contributed by atoms with van der Waals surface area (Å²) in [7, 11) is 0. The van der Waals surface area contributed by atoms with Gasteiger partial charge in [0.15, 0.2) is 4.77 Å². The minimum absolute atomic E-state index is 0.209. The number of halogens is 1. The number of aliphatic hydroxyl groups excluding tert-OH is 1. The number of aromatic nitrogens is 2. The van der Waals surface area contributed by atoms with Gasteiger partial charge in [0.1, 0.15) is 5.82 Å². The van der Waals surface area contributed by atoms with Crippen LogP contribution in [0.5, 0.6) is 0 Å². The lowest BCUT2D eigenvalue weighted by Gasteiger charge is -2.38. The van der Waals surface area contributed by atoms with Gasteiger partial charge in [0.25, 0.3) is 5.91 Å². The van der Waals surface area contributed by atoms with Crippen LogP contribution in [0.1, 0.15) is 43.0 Å². The van der Waals surface area contributed by atoms with Crippen molar-refractivity contribution in [2.24, 2.45) is 5.41 Å². The van der Waals surface area contributed by atoms with E-state index in [1.54, 1.807) is 0 Å². The Morgan fingerprint density at radius 1 is 1.48 bits per heavy atom. The number of rotatable bonds is 3. The molecule has 0 aliphatic heterocycles. The molecule has 1 aliphatic carbocycles. The lowest BCUT2D eigenvalue weighted by Crippen LogP contribution is -2.45. The summed E-state index contributed by atoms with van der Waals surface area (Å²) < 4.78 is 14.1. The highest BCUT2D eigenvalue weighted by atomic mass is 32.1. The van der Waals surface area contributed by atoms with Gasteiger partial charge in [-0.3, -0.25) is 4.79 Å². The predicted octanol–water partition coefficient (Wildman–Crippen LogP) is 3.04. The molecule has 4 N–H and O–H groups in total. The van der Waals surface area contributed by atoms with Crippen molar-refractivity contribution in [3.05, 3.63) is 28.3 Å². The quantitative estimate of drug-likeness (QED) is 0.650. The zero-order valence-electron chi connectivity index (χ0n) is 12.9. The Hall–Kier alpha value is -1.73. The molecule has 2 aromatic rings. The van der Waals surface area contributed by atoms with Crippen molar-refractivity contribution >= 4 is 29.2 Å². The first-order chi connectivity index (χ1) is 10.9. The first kappa shape index (κ1) is 16.1. The number of amides is 1. The lowest BCUT2D eigenvalue weighted by atomic mass is 9.73. The van der Waals surface area contributed by atoms with Gasteiger partial charge in [-0.15, -0.1) is 0 Å². The standard InChI is InChI=1S/C16H20FN3O2S/c1-16(5-3-2-4-12(16)21)8-18-14(22)10-6-9(17)7-11-13(10)20-15(23)19-11/h6-7,12,21H,2-5,8H2,1H3,(H,18,22)(H2,19,20,23)/t12-,16-/m1/s1. The van der Waals surface area contributed by atoms with E-state index in [1.165, 1.54) is 12.1 Å². The highest BCUT2D eigenvalue weighted by Crippen LogP contribution is 2.35.